The van der Waals surface area contributed by atoms with Gasteiger partial charge in [-0.25, -0.2) is 0 Å². The zero-order chi connectivity index (χ0) is 27.9. The number of likely N-dealkylation sites (N-methyl/N-ethyl adjacent to an activating group) is 1. The third-order valence-electron chi connectivity index (χ3n) is 5.53. The van der Waals surface area contributed by atoms with Gasteiger partial charge in [0.1, 0.15) is 0 Å². The molecule has 0 aromatic carbocycles. The molecule has 0 unspecified atom stereocenters. The van der Waals surface area contributed by atoms with Gasteiger partial charge in [0.15, 0.2) is 0 Å². The molecular weight excluding hydrogens is 512 g/mol. The average molecular weight is 569 g/mol. The third-order valence-corrected chi connectivity index (χ3v) is 5.53. The van der Waals surface area contributed by atoms with E-state index in [9.17, 15) is 0 Å². The second-order valence-electron chi connectivity index (χ2n) is 9.13. The maximum atomic E-state index is 5.78. The lowest BCUT2D eigenvalue weighted by molar-refractivity contribution is -0.0322. The Labute approximate surface area is 236 Å². The zero-order valence-corrected chi connectivity index (χ0v) is 24.6. The summed E-state index contributed by atoms with van der Waals surface area (Å²) < 4.78 is 55.1. The first-order valence-corrected chi connectivity index (χ1v) is 14.5. The molecule has 0 aromatic rings. The van der Waals surface area contributed by atoms with Gasteiger partial charge in [0.25, 0.3) is 0 Å². The summed E-state index contributed by atoms with van der Waals surface area (Å²) in [4.78, 5) is 2.09. The minimum Gasteiger partial charge on any atom is -0.378 e. The van der Waals surface area contributed by atoms with Gasteiger partial charge in [-0.3, -0.25) is 0 Å². The fraction of sp³-hybridized carbons (Fsp3) is 1.00. The summed E-state index contributed by atoms with van der Waals surface area (Å²) in [5, 5.41) is 3.33. The molecule has 0 radical (unpaired) electrons. The summed E-state index contributed by atoms with van der Waals surface area (Å²) >= 11 is 0. The van der Waals surface area contributed by atoms with Crippen LogP contribution in [0.5, 0.6) is 0 Å². The van der Waals surface area contributed by atoms with E-state index in [1.807, 2.05) is 14.1 Å². The summed E-state index contributed by atoms with van der Waals surface area (Å²) in [7, 11) is 4.05. The van der Waals surface area contributed by atoms with Crippen molar-refractivity contribution < 1.29 is 47.4 Å². The van der Waals surface area contributed by atoms with E-state index >= 15 is 0 Å². The smallest absolute Gasteiger partial charge is 0.0704 e. The van der Waals surface area contributed by atoms with Crippen molar-refractivity contribution >= 4 is 0 Å². The number of nitrogens with zero attached hydrogens (tertiary/aromatic N) is 1. The summed E-state index contributed by atoms with van der Waals surface area (Å²) in [6.07, 6.45) is 2.55. The van der Waals surface area contributed by atoms with Gasteiger partial charge in [-0.15, -0.1) is 0 Å². The molecule has 0 spiro atoms. The van der Waals surface area contributed by atoms with E-state index in [0.717, 1.165) is 39.1 Å². The molecule has 1 fully saturated rings. The van der Waals surface area contributed by atoms with E-state index in [-0.39, 0.29) is 0 Å². The lowest BCUT2D eigenvalue weighted by Gasteiger charge is -2.22. The van der Waals surface area contributed by atoms with Gasteiger partial charge < -0.3 is 57.6 Å². The fourth-order valence-corrected chi connectivity index (χ4v) is 3.34. The normalized spacial score (nSPS) is 14.5. The SMILES string of the molecule is CN(C)CCOCCOCCOCCOCCOCCOCCOCCOCCOCCOC1CCNCC1. The van der Waals surface area contributed by atoms with Crippen LogP contribution in [0.25, 0.3) is 0 Å². The molecule has 1 aliphatic heterocycles. The van der Waals surface area contributed by atoms with Gasteiger partial charge in [0.05, 0.1) is 132 Å². The Hall–Kier alpha value is -0.480. The summed E-state index contributed by atoms with van der Waals surface area (Å²) in [6, 6.07) is 0. The molecule has 1 N–H and O–H groups in total. The Balaban J connectivity index is 1.61. The maximum Gasteiger partial charge on any atom is 0.0704 e. The van der Waals surface area contributed by atoms with E-state index in [0.29, 0.717) is 125 Å². The number of hydrogen-bond acceptors (Lipinski definition) is 12. The largest absolute Gasteiger partial charge is 0.378 e. The van der Waals surface area contributed by atoms with Crippen molar-refractivity contribution in [3.8, 4) is 0 Å². The van der Waals surface area contributed by atoms with Crippen LogP contribution in [0, 0.1) is 0 Å². The van der Waals surface area contributed by atoms with E-state index in [1.54, 1.807) is 0 Å². The number of rotatable bonds is 31. The minimum absolute atomic E-state index is 0.377. The topological polar surface area (TPSA) is 108 Å². The van der Waals surface area contributed by atoms with Crippen LogP contribution < -0.4 is 5.32 Å². The van der Waals surface area contributed by atoms with Gasteiger partial charge in [0, 0.05) is 6.54 Å². The molecule has 0 saturated carbocycles. The zero-order valence-electron chi connectivity index (χ0n) is 24.6. The van der Waals surface area contributed by atoms with Crippen molar-refractivity contribution in [1.29, 1.82) is 0 Å². The highest BCUT2D eigenvalue weighted by atomic mass is 16.6. The number of nitrogens with one attached hydrogen (secondary N) is 1. The lowest BCUT2D eigenvalue weighted by atomic mass is 10.1. The molecule has 1 saturated heterocycles. The molecule has 0 aromatic heterocycles. The van der Waals surface area contributed by atoms with Crippen LogP contribution in [0.15, 0.2) is 0 Å². The molecule has 1 aliphatic rings. The lowest BCUT2D eigenvalue weighted by Crippen LogP contribution is -2.33. The van der Waals surface area contributed by atoms with Crippen molar-refractivity contribution in [2.45, 2.75) is 18.9 Å². The molecular formula is C27H56N2O10. The van der Waals surface area contributed by atoms with Gasteiger partial charge in [-0.2, -0.15) is 0 Å². The van der Waals surface area contributed by atoms with Crippen LogP contribution in [0.4, 0.5) is 0 Å². The van der Waals surface area contributed by atoms with Crippen molar-refractivity contribution in [3.63, 3.8) is 0 Å². The summed E-state index contributed by atoms with van der Waals surface area (Å²) in [5.74, 6) is 0. The minimum atomic E-state index is 0.377. The van der Waals surface area contributed by atoms with Crippen LogP contribution in [0.1, 0.15) is 12.8 Å². The number of ether oxygens (including phenoxy) is 10. The van der Waals surface area contributed by atoms with E-state index in [4.69, 9.17) is 47.4 Å². The Bertz CT molecular complexity index is 474. The monoisotopic (exact) mass is 568 g/mol. The summed E-state index contributed by atoms with van der Waals surface area (Å²) in [6.45, 7) is 13.8. The van der Waals surface area contributed by atoms with E-state index < -0.39 is 0 Å². The molecule has 39 heavy (non-hydrogen) atoms. The van der Waals surface area contributed by atoms with Gasteiger partial charge >= 0.3 is 0 Å². The first kappa shape index (κ1) is 36.5. The van der Waals surface area contributed by atoms with Crippen LogP contribution in [0.2, 0.25) is 0 Å². The molecule has 0 bridgehead atoms. The first-order chi connectivity index (χ1) is 19.3. The molecule has 1 heterocycles. The third kappa shape index (κ3) is 28.8. The maximum absolute atomic E-state index is 5.78. The quantitative estimate of drug-likeness (QED) is 0.117. The molecule has 0 amide bonds. The molecule has 12 heteroatoms. The highest BCUT2D eigenvalue weighted by molar-refractivity contribution is 4.67. The highest BCUT2D eigenvalue weighted by Crippen LogP contribution is 2.06. The Morgan fingerprint density at radius 3 is 1.03 bits per heavy atom. The van der Waals surface area contributed by atoms with Gasteiger partial charge in [-0.1, -0.05) is 0 Å². The summed E-state index contributed by atoms with van der Waals surface area (Å²) in [5.41, 5.74) is 0. The standard InChI is InChI=1S/C27H56N2O10/c1-29(2)7-8-30-9-10-31-11-12-32-13-14-33-15-16-34-17-18-35-19-20-36-21-22-37-23-24-38-25-26-39-27-3-5-28-6-4-27/h27-28H,3-26H2,1-2H3. The van der Waals surface area contributed by atoms with Gasteiger partial charge in [-0.05, 0) is 40.0 Å². The molecule has 0 aliphatic carbocycles. The Kier molecular flexibility index (Phi) is 28.6. The van der Waals surface area contributed by atoms with Crippen molar-refractivity contribution in [3.05, 3.63) is 0 Å². The second-order valence-corrected chi connectivity index (χ2v) is 9.13. The molecule has 12 nitrogen and oxygen atoms in total. The van der Waals surface area contributed by atoms with Crippen molar-refractivity contribution in [1.82, 2.24) is 10.2 Å². The predicted molar refractivity (Wildman–Crippen MR) is 148 cm³/mol. The number of hydrogen-bond donors (Lipinski definition) is 1. The van der Waals surface area contributed by atoms with E-state index in [1.165, 1.54) is 0 Å². The van der Waals surface area contributed by atoms with Crippen molar-refractivity contribution in [2.75, 3.05) is 159 Å². The first-order valence-electron chi connectivity index (χ1n) is 14.5. The second kappa shape index (κ2) is 30.5. The molecule has 1 rings (SSSR count). The van der Waals surface area contributed by atoms with Crippen LogP contribution in [-0.4, -0.2) is 170 Å². The predicted octanol–water partition coefficient (Wildman–Crippen LogP) is 0.466. The highest BCUT2D eigenvalue weighted by Gasteiger charge is 2.12. The van der Waals surface area contributed by atoms with Crippen molar-refractivity contribution in [2.24, 2.45) is 0 Å². The Morgan fingerprint density at radius 2 is 0.718 bits per heavy atom. The number of piperidine rings is 1. The Morgan fingerprint density at radius 1 is 0.436 bits per heavy atom. The fourth-order valence-electron chi connectivity index (χ4n) is 3.34. The molecule has 234 valence electrons. The van der Waals surface area contributed by atoms with Crippen LogP contribution in [-0.2, 0) is 47.4 Å². The van der Waals surface area contributed by atoms with E-state index in [2.05, 4.69) is 10.2 Å². The average Bonchev–Trinajstić information content (AvgIpc) is 2.94. The van der Waals surface area contributed by atoms with Crippen LogP contribution >= 0.6 is 0 Å². The molecule has 0 atom stereocenters. The van der Waals surface area contributed by atoms with Gasteiger partial charge in [0.2, 0.25) is 0 Å². The van der Waals surface area contributed by atoms with Crippen LogP contribution in [0.3, 0.4) is 0 Å².